The van der Waals surface area contributed by atoms with Gasteiger partial charge in [0.1, 0.15) is 6.33 Å². The van der Waals surface area contributed by atoms with Gasteiger partial charge in [0, 0.05) is 36.9 Å². The standard InChI is InChI=1S/C31H40N6O2/c1-19(2)25-14-28-27(13-26(25)22-12-29(39-3)30-32-18-33-36(30)17-22)34-31(38)37(28)24-10-8-23(9-11-24)35(15-20-4-5-20)16-21-6-7-21/h12-14,17-21,23-24H,4-11,15-16H2,1-3H3,(H,34,38)/t23-,24-. The Hall–Kier alpha value is -3.13. The van der Waals surface area contributed by atoms with Gasteiger partial charge < -0.3 is 9.72 Å². The zero-order valence-corrected chi connectivity index (χ0v) is 23.4. The third kappa shape index (κ3) is 4.77. The summed E-state index contributed by atoms with van der Waals surface area (Å²) in [6.45, 7) is 7.02. The van der Waals surface area contributed by atoms with Crippen molar-refractivity contribution in [3.8, 4) is 16.9 Å². The van der Waals surface area contributed by atoms with Crippen LogP contribution in [0.2, 0.25) is 0 Å². The molecule has 7 rings (SSSR count). The van der Waals surface area contributed by atoms with Crippen molar-refractivity contribution in [2.45, 2.75) is 83.2 Å². The minimum atomic E-state index is 0.0115. The summed E-state index contributed by atoms with van der Waals surface area (Å²) in [7, 11) is 1.66. The molecule has 0 atom stereocenters. The summed E-state index contributed by atoms with van der Waals surface area (Å²) >= 11 is 0. The number of aromatic nitrogens is 5. The van der Waals surface area contributed by atoms with Gasteiger partial charge in [-0.1, -0.05) is 13.8 Å². The monoisotopic (exact) mass is 528 g/mol. The second kappa shape index (κ2) is 9.81. The number of ether oxygens (including phenoxy) is 1. The Morgan fingerprint density at radius 2 is 1.74 bits per heavy atom. The first kappa shape index (κ1) is 24.9. The number of methoxy groups -OCH3 is 1. The molecule has 0 unspecified atom stereocenters. The summed E-state index contributed by atoms with van der Waals surface area (Å²) in [5, 5.41) is 4.35. The topological polar surface area (TPSA) is 80.5 Å². The zero-order chi connectivity index (χ0) is 26.7. The summed E-state index contributed by atoms with van der Waals surface area (Å²) in [5.74, 6) is 2.84. The molecule has 3 heterocycles. The second-order valence-electron chi connectivity index (χ2n) is 12.5. The summed E-state index contributed by atoms with van der Waals surface area (Å²) in [5.41, 5.74) is 5.91. The number of rotatable bonds is 9. The molecule has 0 amide bonds. The van der Waals surface area contributed by atoms with Crippen LogP contribution in [-0.2, 0) is 0 Å². The number of nitrogens with one attached hydrogen (secondary N) is 1. The Kier molecular flexibility index (Phi) is 6.26. The number of benzene rings is 1. The Morgan fingerprint density at radius 3 is 2.38 bits per heavy atom. The van der Waals surface area contributed by atoms with Crippen LogP contribution in [0.4, 0.5) is 0 Å². The minimum Gasteiger partial charge on any atom is -0.493 e. The number of fused-ring (bicyclic) bond motifs is 2. The van der Waals surface area contributed by atoms with E-state index in [-0.39, 0.29) is 17.6 Å². The lowest BCUT2D eigenvalue weighted by atomic mass is 9.89. The maximum atomic E-state index is 13.4. The highest BCUT2D eigenvalue weighted by Crippen LogP contribution is 2.40. The van der Waals surface area contributed by atoms with Crippen LogP contribution in [0.25, 0.3) is 27.8 Å². The van der Waals surface area contributed by atoms with Crippen molar-refractivity contribution in [2.75, 3.05) is 20.2 Å². The van der Waals surface area contributed by atoms with E-state index in [0.29, 0.717) is 17.4 Å². The van der Waals surface area contributed by atoms with E-state index in [9.17, 15) is 4.79 Å². The van der Waals surface area contributed by atoms with Gasteiger partial charge in [0.15, 0.2) is 11.4 Å². The minimum absolute atomic E-state index is 0.0115. The molecule has 3 fully saturated rings. The molecule has 1 N–H and O–H groups in total. The molecule has 1 aromatic carbocycles. The Balaban J connectivity index is 1.20. The van der Waals surface area contributed by atoms with Crippen molar-refractivity contribution < 1.29 is 4.74 Å². The number of hydrogen-bond donors (Lipinski definition) is 1. The fourth-order valence-electron chi connectivity index (χ4n) is 6.79. The van der Waals surface area contributed by atoms with Crippen LogP contribution in [0.1, 0.15) is 82.7 Å². The normalized spacial score (nSPS) is 22.0. The van der Waals surface area contributed by atoms with Crippen LogP contribution >= 0.6 is 0 Å². The molecule has 39 heavy (non-hydrogen) atoms. The van der Waals surface area contributed by atoms with Crippen LogP contribution < -0.4 is 10.4 Å². The van der Waals surface area contributed by atoms with Crippen molar-refractivity contribution in [3.05, 3.63) is 46.8 Å². The SMILES string of the molecule is COc1cc(-c2cc3[nH]c(=O)n([C@H]4CC[C@H](N(CC5CC5)CC5CC5)CC4)c3cc2C(C)C)cn2ncnc12. The average molecular weight is 529 g/mol. The number of H-pyrrole nitrogens is 1. The first-order chi connectivity index (χ1) is 19.0. The number of aromatic amines is 1. The van der Waals surface area contributed by atoms with Crippen molar-refractivity contribution in [1.82, 2.24) is 29.0 Å². The largest absolute Gasteiger partial charge is 0.493 e. The van der Waals surface area contributed by atoms with E-state index in [4.69, 9.17) is 4.74 Å². The van der Waals surface area contributed by atoms with Gasteiger partial charge in [-0.05, 0) is 98.4 Å². The molecule has 4 aromatic rings. The number of pyridine rings is 1. The molecule has 206 valence electrons. The van der Waals surface area contributed by atoms with E-state index in [0.717, 1.165) is 46.8 Å². The van der Waals surface area contributed by atoms with Crippen molar-refractivity contribution in [3.63, 3.8) is 0 Å². The Morgan fingerprint density at radius 1 is 1.03 bits per heavy atom. The summed E-state index contributed by atoms with van der Waals surface area (Å²) in [4.78, 5) is 23.7. The van der Waals surface area contributed by atoms with E-state index in [1.807, 2.05) is 12.3 Å². The highest BCUT2D eigenvalue weighted by molar-refractivity contribution is 5.85. The van der Waals surface area contributed by atoms with Gasteiger partial charge in [0.25, 0.3) is 0 Å². The van der Waals surface area contributed by atoms with Crippen LogP contribution in [0.15, 0.2) is 35.5 Å². The van der Waals surface area contributed by atoms with Crippen LogP contribution in [0.3, 0.4) is 0 Å². The van der Waals surface area contributed by atoms with Gasteiger partial charge in [0.2, 0.25) is 0 Å². The van der Waals surface area contributed by atoms with Crippen molar-refractivity contribution in [2.24, 2.45) is 11.8 Å². The van der Waals surface area contributed by atoms with Crippen molar-refractivity contribution in [1.29, 1.82) is 0 Å². The molecule has 0 saturated heterocycles. The highest BCUT2D eigenvalue weighted by atomic mass is 16.5. The van der Waals surface area contributed by atoms with Gasteiger partial charge in [-0.2, -0.15) is 5.10 Å². The predicted octanol–water partition coefficient (Wildman–Crippen LogP) is 5.78. The average Bonchev–Trinajstić information content (AvgIpc) is 3.86. The lowest BCUT2D eigenvalue weighted by Gasteiger charge is -2.37. The lowest BCUT2D eigenvalue weighted by Crippen LogP contribution is -2.41. The third-order valence-corrected chi connectivity index (χ3v) is 9.31. The van der Waals surface area contributed by atoms with Gasteiger partial charge in [-0.25, -0.2) is 14.3 Å². The number of nitrogens with zero attached hydrogens (tertiary/aromatic N) is 5. The first-order valence-corrected chi connectivity index (χ1v) is 14.9. The number of imidazole rings is 1. The summed E-state index contributed by atoms with van der Waals surface area (Å²) < 4.78 is 9.44. The molecular weight excluding hydrogens is 488 g/mol. The molecule has 0 bridgehead atoms. The Bertz CT molecular complexity index is 1530. The van der Waals surface area contributed by atoms with E-state index in [1.54, 1.807) is 11.6 Å². The maximum absolute atomic E-state index is 13.4. The fraction of sp³-hybridized carbons (Fsp3) is 0.581. The fourth-order valence-corrected chi connectivity index (χ4v) is 6.79. The van der Waals surface area contributed by atoms with E-state index >= 15 is 0 Å². The smallest absolute Gasteiger partial charge is 0.326 e. The van der Waals surface area contributed by atoms with E-state index < -0.39 is 0 Å². The van der Waals surface area contributed by atoms with E-state index in [2.05, 4.69) is 50.5 Å². The third-order valence-electron chi connectivity index (χ3n) is 9.31. The van der Waals surface area contributed by atoms with Crippen LogP contribution in [0, 0.1) is 11.8 Å². The molecule has 3 aliphatic rings. The van der Waals surface area contributed by atoms with E-state index in [1.165, 1.54) is 63.5 Å². The quantitative estimate of drug-likeness (QED) is 0.298. The molecule has 3 saturated carbocycles. The van der Waals surface area contributed by atoms with Crippen molar-refractivity contribution >= 4 is 16.7 Å². The predicted molar refractivity (Wildman–Crippen MR) is 153 cm³/mol. The molecule has 0 aliphatic heterocycles. The number of hydrogen-bond acceptors (Lipinski definition) is 5. The molecular formula is C31H40N6O2. The molecule has 3 aliphatic carbocycles. The van der Waals surface area contributed by atoms with Gasteiger partial charge in [-0.15, -0.1) is 0 Å². The highest BCUT2D eigenvalue weighted by Gasteiger charge is 2.35. The second-order valence-corrected chi connectivity index (χ2v) is 12.5. The zero-order valence-electron chi connectivity index (χ0n) is 23.4. The molecule has 8 heteroatoms. The van der Waals surface area contributed by atoms with Gasteiger partial charge >= 0.3 is 5.69 Å². The maximum Gasteiger partial charge on any atom is 0.326 e. The first-order valence-electron chi connectivity index (χ1n) is 14.9. The molecule has 0 radical (unpaired) electrons. The van der Waals surface area contributed by atoms with Crippen LogP contribution in [0.5, 0.6) is 5.75 Å². The van der Waals surface area contributed by atoms with Gasteiger partial charge in [0.05, 0.1) is 18.1 Å². The lowest BCUT2D eigenvalue weighted by molar-refractivity contribution is 0.127. The molecule has 3 aromatic heterocycles. The molecule has 8 nitrogen and oxygen atoms in total. The van der Waals surface area contributed by atoms with Gasteiger partial charge in [-0.3, -0.25) is 9.47 Å². The molecule has 0 spiro atoms. The van der Waals surface area contributed by atoms with Crippen LogP contribution in [-0.4, -0.2) is 55.3 Å². The Labute approximate surface area is 229 Å². The summed E-state index contributed by atoms with van der Waals surface area (Å²) in [6, 6.07) is 7.33. The summed E-state index contributed by atoms with van der Waals surface area (Å²) in [6.07, 6.45) is 13.7.